The molecule has 0 aliphatic heterocycles. The van der Waals surface area contributed by atoms with Crippen molar-refractivity contribution in [3.05, 3.63) is 35.6 Å². The summed E-state index contributed by atoms with van der Waals surface area (Å²) in [4.78, 5) is 23.9. The summed E-state index contributed by atoms with van der Waals surface area (Å²) in [6.45, 7) is 6.83. The van der Waals surface area contributed by atoms with E-state index in [1.165, 1.54) is 19.1 Å². The van der Waals surface area contributed by atoms with E-state index < -0.39 is 18.0 Å². The van der Waals surface area contributed by atoms with Crippen molar-refractivity contribution < 1.29 is 23.5 Å². The molecule has 24 heavy (non-hydrogen) atoms. The highest BCUT2D eigenvalue weighted by Gasteiger charge is 2.22. The molecule has 0 saturated heterocycles. The normalized spacial score (nSPS) is 13.2. The van der Waals surface area contributed by atoms with E-state index in [2.05, 4.69) is 5.32 Å². The number of nitrogens with one attached hydrogen (secondary N) is 1. The topological polar surface area (TPSA) is 64.6 Å². The summed E-state index contributed by atoms with van der Waals surface area (Å²) in [5.74, 6) is -1.61. The molecule has 1 rings (SSSR count). The maximum atomic E-state index is 13.2. The van der Waals surface area contributed by atoms with Crippen LogP contribution in [0.1, 0.15) is 32.8 Å². The molecule has 0 spiro atoms. The van der Waals surface area contributed by atoms with E-state index in [0.717, 1.165) is 0 Å². The van der Waals surface area contributed by atoms with Crippen LogP contribution in [-0.2, 0) is 25.5 Å². The van der Waals surface area contributed by atoms with Gasteiger partial charge in [0, 0.05) is 19.8 Å². The Morgan fingerprint density at radius 3 is 2.71 bits per heavy atom. The highest BCUT2D eigenvalue weighted by atomic mass is 19.1. The van der Waals surface area contributed by atoms with Crippen LogP contribution in [0.3, 0.4) is 0 Å². The van der Waals surface area contributed by atoms with Crippen molar-refractivity contribution in [2.45, 2.75) is 39.7 Å². The number of benzene rings is 1. The van der Waals surface area contributed by atoms with Crippen LogP contribution < -0.4 is 5.32 Å². The molecule has 1 amide bonds. The first-order chi connectivity index (χ1) is 11.4. The summed E-state index contributed by atoms with van der Waals surface area (Å²) in [5, 5.41) is 2.70. The van der Waals surface area contributed by atoms with Gasteiger partial charge in [-0.25, -0.2) is 4.39 Å². The Labute approximate surface area is 142 Å². The summed E-state index contributed by atoms with van der Waals surface area (Å²) in [7, 11) is 0. The Bertz CT molecular complexity index is 536. The first kappa shape index (κ1) is 20.1. The summed E-state index contributed by atoms with van der Waals surface area (Å²) in [5.41, 5.74) is 0.715. The molecule has 5 nitrogen and oxygen atoms in total. The molecule has 134 valence electrons. The van der Waals surface area contributed by atoms with E-state index in [-0.39, 0.29) is 11.7 Å². The lowest BCUT2D eigenvalue weighted by Crippen LogP contribution is -2.37. The fraction of sp³-hybridized carbons (Fsp3) is 0.556. The minimum atomic E-state index is -0.862. The molecule has 1 aromatic carbocycles. The molecule has 1 aromatic rings. The molecule has 2 atom stereocenters. The van der Waals surface area contributed by atoms with Crippen molar-refractivity contribution in [2.24, 2.45) is 5.92 Å². The number of esters is 1. The molecule has 0 bridgehead atoms. The van der Waals surface area contributed by atoms with E-state index in [1.54, 1.807) is 19.1 Å². The van der Waals surface area contributed by atoms with Crippen LogP contribution in [0.15, 0.2) is 24.3 Å². The van der Waals surface area contributed by atoms with E-state index in [1.807, 2.05) is 6.92 Å². The molecule has 0 aliphatic rings. The van der Waals surface area contributed by atoms with Crippen molar-refractivity contribution in [3.63, 3.8) is 0 Å². The number of hydrogen-bond donors (Lipinski definition) is 1. The molecule has 1 N–H and O–H groups in total. The third-order valence-corrected chi connectivity index (χ3v) is 3.46. The standard InChI is InChI=1S/C18H26FNO4/c1-4-23-10-6-9-20-17(21)14(3)24-18(22)13(2)11-15-7-5-8-16(19)12-15/h5,7-8,12-14H,4,6,9-11H2,1-3H3,(H,20,21). The highest BCUT2D eigenvalue weighted by molar-refractivity contribution is 5.83. The molecule has 6 heteroatoms. The second kappa shape index (κ2) is 10.8. The molecule has 0 fully saturated rings. The first-order valence-corrected chi connectivity index (χ1v) is 8.24. The Morgan fingerprint density at radius 2 is 2.04 bits per heavy atom. The van der Waals surface area contributed by atoms with Gasteiger partial charge in [-0.05, 0) is 44.4 Å². The van der Waals surface area contributed by atoms with Gasteiger partial charge in [-0.15, -0.1) is 0 Å². The van der Waals surface area contributed by atoms with E-state index in [9.17, 15) is 14.0 Å². The zero-order chi connectivity index (χ0) is 17.9. The number of amides is 1. The predicted octanol–water partition coefficient (Wildman–Crippen LogP) is 2.48. The van der Waals surface area contributed by atoms with Crippen LogP contribution in [0, 0.1) is 11.7 Å². The SMILES string of the molecule is CCOCCCNC(=O)C(C)OC(=O)C(C)Cc1cccc(F)c1. The fourth-order valence-corrected chi connectivity index (χ4v) is 2.12. The van der Waals surface area contributed by atoms with Crippen molar-refractivity contribution in [1.29, 1.82) is 0 Å². The summed E-state index contributed by atoms with van der Waals surface area (Å²) < 4.78 is 23.5. The largest absolute Gasteiger partial charge is 0.452 e. The summed E-state index contributed by atoms with van der Waals surface area (Å²) in [6.07, 6.45) is 0.203. The predicted molar refractivity (Wildman–Crippen MR) is 88.9 cm³/mol. The molecular formula is C18H26FNO4. The quantitative estimate of drug-likeness (QED) is 0.525. The zero-order valence-electron chi connectivity index (χ0n) is 14.5. The summed E-state index contributed by atoms with van der Waals surface area (Å²) in [6, 6.07) is 6.09. The van der Waals surface area contributed by atoms with Gasteiger partial charge in [-0.2, -0.15) is 0 Å². The van der Waals surface area contributed by atoms with E-state index >= 15 is 0 Å². The van der Waals surface area contributed by atoms with Crippen LogP contribution in [-0.4, -0.2) is 37.7 Å². The Balaban J connectivity index is 2.35. The van der Waals surface area contributed by atoms with E-state index in [4.69, 9.17) is 9.47 Å². The van der Waals surface area contributed by atoms with Crippen LogP contribution in [0.4, 0.5) is 4.39 Å². The molecular weight excluding hydrogens is 313 g/mol. The molecule has 0 aliphatic carbocycles. The smallest absolute Gasteiger partial charge is 0.309 e. The van der Waals surface area contributed by atoms with Gasteiger partial charge in [0.05, 0.1) is 5.92 Å². The number of hydrogen-bond acceptors (Lipinski definition) is 4. The Hall–Kier alpha value is -1.95. The number of carbonyl (C=O) groups excluding carboxylic acids is 2. The van der Waals surface area contributed by atoms with Crippen molar-refractivity contribution in [2.75, 3.05) is 19.8 Å². The first-order valence-electron chi connectivity index (χ1n) is 8.24. The third kappa shape index (κ3) is 7.55. The van der Waals surface area contributed by atoms with Gasteiger partial charge >= 0.3 is 5.97 Å². The van der Waals surface area contributed by atoms with Crippen LogP contribution >= 0.6 is 0 Å². The van der Waals surface area contributed by atoms with Gasteiger partial charge in [0.2, 0.25) is 0 Å². The van der Waals surface area contributed by atoms with Crippen LogP contribution in [0.5, 0.6) is 0 Å². The lowest BCUT2D eigenvalue weighted by atomic mass is 10.0. The number of halogens is 1. The number of ether oxygens (including phenoxy) is 2. The molecule has 0 saturated carbocycles. The Morgan fingerprint density at radius 1 is 1.29 bits per heavy atom. The highest BCUT2D eigenvalue weighted by Crippen LogP contribution is 2.12. The maximum Gasteiger partial charge on any atom is 0.309 e. The minimum Gasteiger partial charge on any atom is -0.452 e. The maximum absolute atomic E-state index is 13.2. The van der Waals surface area contributed by atoms with Crippen molar-refractivity contribution >= 4 is 11.9 Å². The lowest BCUT2D eigenvalue weighted by Gasteiger charge is -2.17. The van der Waals surface area contributed by atoms with Gasteiger partial charge in [-0.3, -0.25) is 9.59 Å². The van der Waals surface area contributed by atoms with Crippen molar-refractivity contribution in [3.8, 4) is 0 Å². The second-order valence-corrected chi connectivity index (χ2v) is 5.66. The number of carbonyl (C=O) groups is 2. The average molecular weight is 339 g/mol. The molecule has 0 aromatic heterocycles. The Kier molecular flexibility index (Phi) is 9.01. The van der Waals surface area contributed by atoms with Crippen LogP contribution in [0.2, 0.25) is 0 Å². The molecule has 2 unspecified atom stereocenters. The minimum absolute atomic E-state index is 0.335. The van der Waals surface area contributed by atoms with Gasteiger partial charge in [-0.1, -0.05) is 19.1 Å². The molecule has 0 heterocycles. The number of rotatable bonds is 10. The van der Waals surface area contributed by atoms with Gasteiger partial charge in [0.25, 0.3) is 5.91 Å². The molecule has 0 radical (unpaired) electrons. The lowest BCUT2D eigenvalue weighted by molar-refractivity contribution is -0.158. The second-order valence-electron chi connectivity index (χ2n) is 5.66. The van der Waals surface area contributed by atoms with E-state index in [0.29, 0.717) is 38.2 Å². The third-order valence-electron chi connectivity index (χ3n) is 3.46. The summed E-state index contributed by atoms with van der Waals surface area (Å²) >= 11 is 0. The zero-order valence-corrected chi connectivity index (χ0v) is 14.5. The van der Waals surface area contributed by atoms with Gasteiger partial charge < -0.3 is 14.8 Å². The van der Waals surface area contributed by atoms with Crippen LogP contribution in [0.25, 0.3) is 0 Å². The van der Waals surface area contributed by atoms with Crippen molar-refractivity contribution in [1.82, 2.24) is 5.32 Å². The fourth-order valence-electron chi connectivity index (χ4n) is 2.12. The average Bonchev–Trinajstić information content (AvgIpc) is 2.54. The van der Waals surface area contributed by atoms with Gasteiger partial charge in [0.15, 0.2) is 6.10 Å². The monoisotopic (exact) mass is 339 g/mol. The van der Waals surface area contributed by atoms with Gasteiger partial charge in [0.1, 0.15) is 5.82 Å².